The summed E-state index contributed by atoms with van der Waals surface area (Å²) in [5, 5.41) is 13.3. The van der Waals surface area contributed by atoms with Crippen molar-refractivity contribution in [3.05, 3.63) is 46.9 Å². The molecule has 106 valence electrons. The molecule has 0 spiro atoms. The van der Waals surface area contributed by atoms with Crippen molar-refractivity contribution in [2.24, 2.45) is 0 Å². The third-order valence-corrected chi connectivity index (χ3v) is 3.36. The number of H-pyrrole nitrogens is 1. The van der Waals surface area contributed by atoms with Gasteiger partial charge in [0, 0.05) is 5.69 Å². The standard InChI is InChI=1S/C14H11ClN4O2/c1-7-4-9-12(18-7)16-6-17-13(9)19-11-5-8(14(20)21)2-3-10(11)15/h2-6H,1H3,(H,20,21)(H2,16,17,18,19). The summed E-state index contributed by atoms with van der Waals surface area (Å²) in [4.78, 5) is 22.5. The molecule has 0 unspecified atom stereocenters. The summed E-state index contributed by atoms with van der Waals surface area (Å²) < 4.78 is 0. The summed E-state index contributed by atoms with van der Waals surface area (Å²) in [6.45, 7) is 1.92. The number of aromatic nitrogens is 3. The zero-order chi connectivity index (χ0) is 15.0. The number of halogens is 1. The Balaban J connectivity index is 2.06. The van der Waals surface area contributed by atoms with Crippen LogP contribution in [0.5, 0.6) is 0 Å². The molecule has 0 aliphatic heterocycles. The lowest BCUT2D eigenvalue weighted by molar-refractivity contribution is 0.0697. The van der Waals surface area contributed by atoms with Crippen LogP contribution in [0.15, 0.2) is 30.6 Å². The highest BCUT2D eigenvalue weighted by molar-refractivity contribution is 6.33. The molecular weight excluding hydrogens is 292 g/mol. The van der Waals surface area contributed by atoms with E-state index in [2.05, 4.69) is 20.3 Å². The van der Waals surface area contributed by atoms with Gasteiger partial charge in [0.05, 0.1) is 21.7 Å². The second kappa shape index (κ2) is 5.06. The van der Waals surface area contributed by atoms with Gasteiger partial charge in [0.2, 0.25) is 0 Å². The van der Waals surface area contributed by atoms with Crippen molar-refractivity contribution in [2.75, 3.05) is 5.32 Å². The van der Waals surface area contributed by atoms with Gasteiger partial charge in [0.25, 0.3) is 0 Å². The number of carbonyl (C=O) groups is 1. The quantitative estimate of drug-likeness (QED) is 0.690. The van der Waals surface area contributed by atoms with Crippen molar-refractivity contribution in [3.8, 4) is 0 Å². The van der Waals surface area contributed by atoms with Crippen molar-refractivity contribution < 1.29 is 9.90 Å². The van der Waals surface area contributed by atoms with E-state index in [0.717, 1.165) is 11.1 Å². The largest absolute Gasteiger partial charge is 0.478 e. The number of rotatable bonds is 3. The molecule has 0 radical (unpaired) electrons. The van der Waals surface area contributed by atoms with E-state index in [1.165, 1.54) is 24.5 Å². The van der Waals surface area contributed by atoms with Crippen LogP contribution in [0.3, 0.4) is 0 Å². The van der Waals surface area contributed by atoms with E-state index in [4.69, 9.17) is 16.7 Å². The van der Waals surface area contributed by atoms with Gasteiger partial charge in [0.1, 0.15) is 17.8 Å². The fourth-order valence-corrected chi connectivity index (χ4v) is 2.22. The Morgan fingerprint density at radius 1 is 1.33 bits per heavy atom. The van der Waals surface area contributed by atoms with Gasteiger partial charge in [-0.1, -0.05) is 11.6 Å². The zero-order valence-electron chi connectivity index (χ0n) is 11.0. The maximum absolute atomic E-state index is 11.0. The van der Waals surface area contributed by atoms with Crippen LogP contribution in [-0.4, -0.2) is 26.0 Å². The van der Waals surface area contributed by atoms with Gasteiger partial charge in [0.15, 0.2) is 0 Å². The number of hydrogen-bond donors (Lipinski definition) is 3. The Bertz CT molecular complexity index is 844. The molecule has 0 saturated heterocycles. The van der Waals surface area contributed by atoms with Crippen molar-refractivity contribution in [3.63, 3.8) is 0 Å². The molecule has 3 rings (SSSR count). The molecule has 6 nitrogen and oxygen atoms in total. The van der Waals surface area contributed by atoms with Gasteiger partial charge in [-0.25, -0.2) is 14.8 Å². The van der Waals surface area contributed by atoms with Crippen LogP contribution in [0.2, 0.25) is 5.02 Å². The number of nitrogens with zero attached hydrogens (tertiary/aromatic N) is 2. The second-order valence-electron chi connectivity index (χ2n) is 4.56. The normalized spacial score (nSPS) is 10.8. The van der Waals surface area contributed by atoms with Crippen molar-refractivity contribution in [2.45, 2.75) is 6.92 Å². The Morgan fingerprint density at radius 3 is 2.90 bits per heavy atom. The number of carboxylic acids is 1. The van der Waals surface area contributed by atoms with E-state index in [1.54, 1.807) is 0 Å². The first-order chi connectivity index (χ1) is 10.0. The number of nitrogens with one attached hydrogen (secondary N) is 2. The SMILES string of the molecule is Cc1cc2c(Nc3cc(C(=O)O)ccc3Cl)ncnc2[nH]1. The minimum Gasteiger partial charge on any atom is -0.478 e. The lowest BCUT2D eigenvalue weighted by Gasteiger charge is -2.09. The smallest absolute Gasteiger partial charge is 0.335 e. The third-order valence-electron chi connectivity index (χ3n) is 3.03. The molecule has 0 atom stereocenters. The maximum Gasteiger partial charge on any atom is 0.335 e. The highest BCUT2D eigenvalue weighted by atomic mass is 35.5. The van der Waals surface area contributed by atoms with Crippen LogP contribution in [0.1, 0.15) is 16.1 Å². The van der Waals surface area contributed by atoms with Crippen molar-refractivity contribution in [1.82, 2.24) is 15.0 Å². The summed E-state index contributed by atoms with van der Waals surface area (Å²) in [6, 6.07) is 6.37. The van der Waals surface area contributed by atoms with Crippen LogP contribution in [0, 0.1) is 6.92 Å². The first kappa shape index (κ1) is 13.4. The number of carboxylic acid groups (broad SMARTS) is 1. The first-order valence-corrected chi connectivity index (χ1v) is 6.52. The van der Waals surface area contributed by atoms with Crippen LogP contribution in [0.25, 0.3) is 11.0 Å². The first-order valence-electron chi connectivity index (χ1n) is 6.15. The summed E-state index contributed by atoms with van der Waals surface area (Å²) >= 11 is 6.10. The molecule has 0 fully saturated rings. The van der Waals surface area contributed by atoms with Crippen molar-refractivity contribution >= 4 is 40.1 Å². The van der Waals surface area contributed by atoms with Gasteiger partial charge < -0.3 is 15.4 Å². The van der Waals surface area contributed by atoms with Crippen molar-refractivity contribution in [1.29, 1.82) is 0 Å². The van der Waals surface area contributed by atoms with Gasteiger partial charge in [-0.2, -0.15) is 0 Å². The lowest BCUT2D eigenvalue weighted by Crippen LogP contribution is -2.00. The number of aromatic amines is 1. The Morgan fingerprint density at radius 2 is 2.14 bits per heavy atom. The molecule has 3 N–H and O–H groups in total. The molecule has 21 heavy (non-hydrogen) atoms. The zero-order valence-corrected chi connectivity index (χ0v) is 11.8. The molecule has 0 aliphatic rings. The van der Waals surface area contributed by atoms with E-state index in [9.17, 15) is 4.79 Å². The highest BCUT2D eigenvalue weighted by Crippen LogP contribution is 2.29. The summed E-state index contributed by atoms with van der Waals surface area (Å²) in [5.41, 5.74) is 2.29. The van der Waals surface area contributed by atoms with E-state index in [1.807, 2.05) is 13.0 Å². The summed E-state index contributed by atoms with van der Waals surface area (Å²) in [6.07, 6.45) is 1.43. The summed E-state index contributed by atoms with van der Waals surface area (Å²) in [5.74, 6) is -0.450. The molecule has 0 saturated carbocycles. The molecule has 7 heteroatoms. The fourth-order valence-electron chi connectivity index (χ4n) is 2.05. The van der Waals surface area contributed by atoms with Crippen LogP contribution < -0.4 is 5.32 Å². The Kier molecular flexibility index (Phi) is 3.23. The molecular formula is C14H11ClN4O2. The fraction of sp³-hybridized carbons (Fsp3) is 0.0714. The second-order valence-corrected chi connectivity index (χ2v) is 4.97. The average Bonchev–Trinajstić information content (AvgIpc) is 2.82. The Hall–Kier alpha value is -2.60. The van der Waals surface area contributed by atoms with Gasteiger partial charge in [-0.15, -0.1) is 0 Å². The molecule has 2 heterocycles. The van der Waals surface area contributed by atoms with Gasteiger partial charge in [-0.3, -0.25) is 0 Å². The van der Waals surface area contributed by atoms with Crippen LogP contribution >= 0.6 is 11.6 Å². The molecule has 0 bridgehead atoms. The van der Waals surface area contributed by atoms with Crippen LogP contribution in [0.4, 0.5) is 11.5 Å². The third kappa shape index (κ3) is 2.53. The topological polar surface area (TPSA) is 90.9 Å². The molecule has 1 aromatic carbocycles. The lowest BCUT2D eigenvalue weighted by atomic mass is 10.2. The molecule has 3 aromatic rings. The van der Waals surface area contributed by atoms with E-state index in [-0.39, 0.29) is 5.56 Å². The monoisotopic (exact) mass is 302 g/mol. The Labute approximate surface area is 124 Å². The minimum absolute atomic E-state index is 0.150. The number of benzene rings is 1. The van der Waals surface area contributed by atoms with Gasteiger partial charge >= 0.3 is 5.97 Å². The number of anilines is 2. The number of fused-ring (bicyclic) bond motifs is 1. The predicted molar refractivity (Wildman–Crippen MR) is 80.3 cm³/mol. The molecule has 0 aliphatic carbocycles. The molecule has 2 aromatic heterocycles. The van der Waals surface area contributed by atoms with Gasteiger partial charge in [-0.05, 0) is 31.2 Å². The highest BCUT2D eigenvalue weighted by Gasteiger charge is 2.11. The van der Waals surface area contributed by atoms with E-state index < -0.39 is 5.97 Å². The number of aryl methyl sites for hydroxylation is 1. The van der Waals surface area contributed by atoms with E-state index in [0.29, 0.717) is 22.2 Å². The average molecular weight is 303 g/mol. The predicted octanol–water partition coefficient (Wildman–Crippen LogP) is 3.36. The maximum atomic E-state index is 11.0. The molecule has 0 amide bonds. The number of aromatic carboxylic acids is 1. The summed E-state index contributed by atoms with van der Waals surface area (Å²) in [7, 11) is 0. The van der Waals surface area contributed by atoms with E-state index >= 15 is 0 Å². The minimum atomic E-state index is -1.01. The van der Waals surface area contributed by atoms with Crippen LogP contribution in [-0.2, 0) is 0 Å². The number of hydrogen-bond acceptors (Lipinski definition) is 4.